The van der Waals surface area contributed by atoms with Gasteiger partial charge in [0, 0.05) is 19.2 Å². The average Bonchev–Trinajstić information content (AvgIpc) is 2.34. The van der Waals surface area contributed by atoms with E-state index in [1.807, 2.05) is 19.1 Å². The summed E-state index contributed by atoms with van der Waals surface area (Å²) < 4.78 is 15.7. The molecule has 0 amide bonds. The van der Waals surface area contributed by atoms with Gasteiger partial charge in [0.25, 0.3) is 0 Å². The SMILES string of the molecule is CCOc1ccc(Cl)cc1NCC(OC)OC. The highest BCUT2D eigenvalue weighted by Gasteiger charge is 2.08. The van der Waals surface area contributed by atoms with Crippen molar-refractivity contribution in [3.8, 4) is 5.75 Å². The van der Waals surface area contributed by atoms with Crippen molar-refractivity contribution >= 4 is 17.3 Å². The molecule has 0 atom stereocenters. The second-order valence-corrected chi connectivity index (χ2v) is 3.79. The molecular formula is C12H18ClNO3. The Balaban J connectivity index is 2.70. The first kappa shape index (κ1) is 14.1. The van der Waals surface area contributed by atoms with Crippen LogP contribution >= 0.6 is 11.6 Å². The smallest absolute Gasteiger partial charge is 0.173 e. The van der Waals surface area contributed by atoms with E-state index in [1.54, 1.807) is 20.3 Å². The molecule has 0 heterocycles. The van der Waals surface area contributed by atoms with Crippen LogP contribution in [0.3, 0.4) is 0 Å². The molecule has 0 saturated heterocycles. The van der Waals surface area contributed by atoms with E-state index < -0.39 is 0 Å². The predicted molar refractivity (Wildman–Crippen MR) is 68.9 cm³/mol. The molecule has 0 fully saturated rings. The second-order valence-electron chi connectivity index (χ2n) is 3.36. The lowest BCUT2D eigenvalue weighted by molar-refractivity contribution is -0.0914. The number of benzene rings is 1. The van der Waals surface area contributed by atoms with Crippen LogP contribution in [0, 0.1) is 0 Å². The number of ether oxygens (including phenoxy) is 3. The van der Waals surface area contributed by atoms with Gasteiger partial charge < -0.3 is 19.5 Å². The van der Waals surface area contributed by atoms with Crippen LogP contribution in [0.1, 0.15) is 6.92 Å². The van der Waals surface area contributed by atoms with Gasteiger partial charge in [-0.3, -0.25) is 0 Å². The summed E-state index contributed by atoms with van der Waals surface area (Å²) in [5.41, 5.74) is 0.832. The first-order valence-corrected chi connectivity index (χ1v) is 5.80. The van der Waals surface area contributed by atoms with E-state index in [0.29, 0.717) is 18.2 Å². The molecule has 0 spiro atoms. The van der Waals surface area contributed by atoms with Crippen LogP contribution in [0.25, 0.3) is 0 Å². The van der Waals surface area contributed by atoms with Crippen LogP contribution < -0.4 is 10.1 Å². The van der Waals surface area contributed by atoms with Crippen molar-refractivity contribution in [2.45, 2.75) is 13.2 Å². The Hall–Kier alpha value is -0.970. The Morgan fingerprint density at radius 2 is 2.00 bits per heavy atom. The molecule has 1 N–H and O–H groups in total. The quantitative estimate of drug-likeness (QED) is 0.765. The van der Waals surface area contributed by atoms with Crippen molar-refractivity contribution in [3.05, 3.63) is 23.2 Å². The monoisotopic (exact) mass is 259 g/mol. The Morgan fingerprint density at radius 3 is 2.59 bits per heavy atom. The fourth-order valence-electron chi connectivity index (χ4n) is 1.38. The number of rotatable bonds is 7. The number of hydrogen-bond donors (Lipinski definition) is 1. The van der Waals surface area contributed by atoms with Crippen LogP contribution in [0.4, 0.5) is 5.69 Å². The van der Waals surface area contributed by atoms with E-state index in [2.05, 4.69) is 5.32 Å². The summed E-state index contributed by atoms with van der Waals surface area (Å²) in [6.07, 6.45) is -0.302. The van der Waals surface area contributed by atoms with Crippen LogP contribution in [-0.4, -0.2) is 33.7 Å². The van der Waals surface area contributed by atoms with Gasteiger partial charge in [-0.25, -0.2) is 0 Å². The third-order valence-corrected chi connectivity index (χ3v) is 2.46. The van der Waals surface area contributed by atoms with Gasteiger partial charge in [-0.05, 0) is 25.1 Å². The fraction of sp³-hybridized carbons (Fsp3) is 0.500. The Bertz CT molecular complexity index is 343. The highest BCUT2D eigenvalue weighted by atomic mass is 35.5. The average molecular weight is 260 g/mol. The molecule has 0 aromatic heterocycles. The molecular weight excluding hydrogens is 242 g/mol. The first-order chi connectivity index (χ1) is 8.21. The summed E-state index contributed by atoms with van der Waals surface area (Å²) in [7, 11) is 3.19. The molecule has 0 unspecified atom stereocenters. The van der Waals surface area contributed by atoms with Crippen molar-refractivity contribution in [1.29, 1.82) is 0 Å². The van der Waals surface area contributed by atoms with Crippen molar-refractivity contribution in [2.24, 2.45) is 0 Å². The fourth-order valence-corrected chi connectivity index (χ4v) is 1.55. The molecule has 17 heavy (non-hydrogen) atoms. The Labute approximate surface area is 107 Å². The number of nitrogens with one attached hydrogen (secondary N) is 1. The molecule has 96 valence electrons. The second kappa shape index (κ2) is 7.37. The van der Waals surface area contributed by atoms with Crippen molar-refractivity contribution in [2.75, 3.05) is 32.7 Å². The van der Waals surface area contributed by atoms with E-state index in [1.165, 1.54) is 0 Å². The number of hydrogen-bond acceptors (Lipinski definition) is 4. The van der Waals surface area contributed by atoms with Gasteiger partial charge in [-0.15, -0.1) is 0 Å². The van der Waals surface area contributed by atoms with Crippen LogP contribution in [0.5, 0.6) is 5.75 Å². The maximum absolute atomic E-state index is 5.94. The van der Waals surface area contributed by atoms with Gasteiger partial charge in [-0.2, -0.15) is 0 Å². The number of anilines is 1. The summed E-state index contributed by atoms with van der Waals surface area (Å²) >= 11 is 5.94. The summed E-state index contributed by atoms with van der Waals surface area (Å²) in [5, 5.41) is 3.84. The van der Waals surface area contributed by atoms with Gasteiger partial charge in [0.1, 0.15) is 5.75 Å². The topological polar surface area (TPSA) is 39.7 Å². The van der Waals surface area contributed by atoms with Gasteiger partial charge in [-0.1, -0.05) is 11.6 Å². The molecule has 1 aromatic rings. The Morgan fingerprint density at radius 1 is 1.29 bits per heavy atom. The van der Waals surface area contributed by atoms with Gasteiger partial charge >= 0.3 is 0 Å². The minimum absolute atomic E-state index is 0.302. The third kappa shape index (κ3) is 4.42. The van der Waals surface area contributed by atoms with Crippen LogP contribution in [-0.2, 0) is 9.47 Å². The summed E-state index contributed by atoms with van der Waals surface area (Å²) in [4.78, 5) is 0. The minimum atomic E-state index is -0.302. The third-order valence-electron chi connectivity index (χ3n) is 2.23. The van der Waals surface area contributed by atoms with Crippen molar-refractivity contribution in [3.63, 3.8) is 0 Å². The van der Waals surface area contributed by atoms with E-state index in [4.69, 9.17) is 25.8 Å². The molecule has 0 aliphatic carbocycles. The minimum Gasteiger partial charge on any atom is -0.492 e. The van der Waals surface area contributed by atoms with E-state index in [-0.39, 0.29) is 6.29 Å². The molecule has 5 heteroatoms. The van der Waals surface area contributed by atoms with E-state index >= 15 is 0 Å². The van der Waals surface area contributed by atoms with Crippen molar-refractivity contribution < 1.29 is 14.2 Å². The highest BCUT2D eigenvalue weighted by Crippen LogP contribution is 2.28. The normalized spacial score (nSPS) is 10.6. The lowest BCUT2D eigenvalue weighted by atomic mass is 10.3. The predicted octanol–water partition coefficient (Wildman–Crippen LogP) is 2.77. The van der Waals surface area contributed by atoms with Gasteiger partial charge in [0.15, 0.2) is 6.29 Å². The van der Waals surface area contributed by atoms with Gasteiger partial charge in [0.2, 0.25) is 0 Å². The first-order valence-electron chi connectivity index (χ1n) is 5.43. The lowest BCUT2D eigenvalue weighted by Gasteiger charge is -2.17. The van der Waals surface area contributed by atoms with E-state index in [0.717, 1.165) is 11.4 Å². The van der Waals surface area contributed by atoms with Crippen LogP contribution in [0.2, 0.25) is 5.02 Å². The van der Waals surface area contributed by atoms with E-state index in [9.17, 15) is 0 Å². The molecule has 0 radical (unpaired) electrons. The van der Waals surface area contributed by atoms with Crippen LogP contribution in [0.15, 0.2) is 18.2 Å². The van der Waals surface area contributed by atoms with Gasteiger partial charge in [0.05, 0.1) is 18.8 Å². The molecule has 1 aromatic carbocycles. The molecule has 4 nitrogen and oxygen atoms in total. The highest BCUT2D eigenvalue weighted by molar-refractivity contribution is 6.30. The largest absolute Gasteiger partial charge is 0.492 e. The maximum atomic E-state index is 5.94. The lowest BCUT2D eigenvalue weighted by Crippen LogP contribution is -2.23. The zero-order valence-corrected chi connectivity index (χ0v) is 11.1. The molecule has 0 aliphatic rings. The number of methoxy groups -OCH3 is 2. The molecule has 0 bridgehead atoms. The summed E-state index contributed by atoms with van der Waals surface area (Å²) in [5.74, 6) is 0.767. The molecule has 0 aliphatic heterocycles. The number of halogens is 1. The molecule has 1 rings (SSSR count). The Kier molecular flexibility index (Phi) is 6.11. The zero-order chi connectivity index (χ0) is 12.7. The van der Waals surface area contributed by atoms with Crippen molar-refractivity contribution in [1.82, 2.24) is 0 Å². The summed E-state index contributed by atoms with van der Waals surface area (Å²) in [6, 6.07) is 5.44. The standard InChI is InChI=1S/C12H18ClNO3/c1-4-17-11-6-5-9(13)7-10(11)14-8-12(15-2)16-3/h5-7,12,14H,4,8H2,1-3H3. The maximum Gasteiger partial charge on any atom is 0.173 e. The summed E-state index contributed by atoms with van der Waals surface area (Å²) in [6.45, 7) is 3.06. The zero-order valence-electron chi connectivity index (χ0n) is 10.3. The molecule has 0 saturated carbocycles.